The van der Waals surface area contributed by atoms with Crippen molar-refractivity contribution in [1.29, 1.82) is 0 Å². The zero-order chi connectivity index (χ0) is 11.1. The molecular weight excluding hydrogens is 186 g/mol. The molecule has 0 aliphatic heterocycles. The molecule has 1 aromatic rings. The van der Waals surface area contributed by atoms with Crippen molar-refractivity contribution in [2.24, 2.45) is 5.73 Å². The Balaban J connectivity index is 2.40. The van der Waals surface area contributed by atoms with Crippen molar-refractivity contribution in [3.63, 3.8) is 0 Å². The fourth-order valence-electron chi connectivity index (χ4n) is 1.45. The highest BCUT2D eigenvalue weighted by Crippen LogP contribution is 2.15. The summed E-state index contributed by atoms with van der Waals surface area (Å²) in [5.41, 5.74) is 7.05. The van der Waals surface area contributed by atoms with Gasteiger partial charge in [-0.05, 0) is 12.0 Å². The third-order valence-electron chi connectivity index (χ3n) is 2.33. The first-order valence-corrected chi connectivity index (χ1v) is 5.17. The SMILES string of the molecule is C=CCC(=O)CCC(N)c1ccccc1. The number of ketones is 1. The minimum atomic E-state index is -0.0417. The van der Waals surface area contributed by atoms with E-state index in [9.17, 15) is 4.79 Å². The Morgan fingerprint density at radius 3 is 2.67 bits per heavy atom. The van der Waals surface area contributed by atoms with Gasteiger partial charge in [-0.3, -0.25) is 4.79 Å². The molecule has 2 nitrogen and oxygen atoms in total. The van der Waals surface area contributed by atoms with E-state index in [1.807, 2.05) is 30.3 Å². The van der Waals surface area contributed by atoms with Crippen LogP contribution in [0.25, 0.3) is 0 Å². The lowest BCUT2D eigenvalue weighted by Crippen LogP contribution is -2.12. The van der Waals surface area contributed by atoms with Crippen molar-refractivity contribution in [2.75, 3.05) is 0 Å². The minimum Gasteiger partial charge on any atom is -0.324 e. The second-order valence-electron chi connectivity index (χ2n) is 3.59. The van der Waals surface area contributed by atoms with Gasteiger partial charge < -0.3 is 5.73 Å². The number of allylic oxidation sites excluding steroid dienone is 1. The predicted octanol–water partition coefficient (Wildman–Crippen LogP) is 2.61. The maximum absolute atomic E-state index is 11.3. The summed E-state index contributed by atoms with van der Waals surface area (Å²) in [6, 6.07) is 9.81. The summed E-state index contributed by atoms with van der Waals surface area (Å²) in [6.45, 7) is 3.53. The summed E-state index contributed by atoms with van der Waals surface area (Å²) in [6.07, 6.45) is 3.32. The Morgan fingerprint density at radius 2 is 2.07 bits per heavy atom. The van der Waals surface area contributed by atoms with E-state index >= 15 is 0 Å². The van der Waals surface area contributed by atoms with Crippen LogP contribution >= 0.6 is 0 Å². The molecule has 15 heavy (non-hydrogen) atoms. The van der Waals surface area contributed by atoms with Gasteiger partial charge in [0.05, 0.1) is 0 Å². The second-order valence-corrected chi connectivity index (χ2v) is 3.59. The average molecular weight is 203 g/mol. The van der Waals surface area contributed by atoms with E-state index in [-0.39, 0.29) is 11.8 Å². The number of rotatable bonds is 6. The lowest BCUT2D eigenvalue weighted by molar-refractivity contribution is -0.118. The molecule has 0 amide bonds. The van der Waals surface area contributed by atoms with Crippen LogP contribution in [0, 0.1) is 0 Å². The standard InChI is InChI=1S/C13H17NO/c1-2-6-12(15)9-10-13(14)11-7-4-3-5-8-11/h2-5,7-8,13H,1,6,9-10,14H2. The molecule has 1 atom stereocenters. The van der Waals surface area contributed by atoms with Crippen molar-refractivity contribution >= 4 is 5.78 Å². The molecule has 2 N–H and O–H groups in total. The van der Waals surface area contributed by atoms with Gasteiger partial charge in [-0.2, -0.15) is 0 Å². The van der Waals surface area contributed by atoms with Gasteiger partial charge in [0.2, 0.25) is 0 Å². The van der Waals surface area contributed by atoms with Crippen molar-refractivity contribution in [2.45, 2.75) is 25.3 Å². The number of carbonyl (C=O) groups excluding carboxylic acids is 1. The third kappa shape index (κ3) is 4.09. The van der Waals surface area contributed by atoms with Crippen LogP contribution in [-0.4, -0.2) is 5.78 Å². The zero-order valence-electron chi connectivity index (χ0n) is 8.86. The van der Waals surface area contributed by atoms with Crippen LogP contribution in [0.5, 0.6) is 0 Å². The smallest absolute Gasteiger partial charge is 0.136 e. The van der Waals surface area contributed by atoms with E-state index in [1.54, 1.807) is 6.08 Å². The summed E-state index contributed by atoms with van der Waals surface area (Å²) < 4.78 is 0. The molecule has 0 radical (unpaired) electrons. The molecule has 1 aromatic carbocycles. The summed E-state index contributed by atoms with van der Waals surface area (Å²) >= 11 is 0. The monoisotopic (exact) mass is 203 g/mol. The van der Waals surface area contributed by atoms with E-state index in [2.05, 4.69) is 6.58 Å². The van der Waals surface area contributed by atoms with Crippen molar-refractivity contribution in [1.82, 2.24) is 0 Å². The fourth-order valence-corrected chi connectivity index (χ4v) is 1.45. The van der Waals surface area contributed by atoms with Gasteiger partial charge >= 0.3 is 0 Å². The van der Waals surface area contributed by atoms with Gasteiger partial charge in [-0.1, -0.05) is 36.4 Å². The van der Waals surface area contributed by atoms with Crippen molar-refractivity contribution in [3.05, 3.63) is 48.6 Å². The number of benzene rings is 1. The fraction of sp³-hybridized carbons (Fsp3) is 0.308. The van der Waals surface area contributed by atoms with Crippen LogP contribution in [0.3, 0.4) is 0 Å². The molecule has 1 unspecified atom stereocenters. The van der Waals surface area contributed by atoms with Crippen LogP contribution in [0.2, 0.25) is 0 Å². The molecule has 0 saturated heterocycles. The van der Waals surface area contributed by atoms with Crippen molar-refractivity contribution in [3.8, 4) is 0 Å². The van der Waals surface area contributed by atoms with Crippen molar-refractivity contribution < 1.29 is 4.79 Å². The van der Waals surface area contributed by atoms with Crippen LogP contribution < -0.4 is 5.73 Å². The molecular formula is C13H17NO. The number of nitrogens with two attached hydrogens (primary N) is 1. The second kappa shape index (κ2) is 6.14. The van der Waals surface area contributed by atoms with E-state index < -0.39 is 0 Å². The van der Waals surface area contributed by atoms with E-state index in [0.717, 1.165) is 5.56 Å². The van der Waals surface area contributed by atoms with Gasteiger partial charge in [-0.25, -0.2) is 0 Å². The van der Waals surface area contributed by atoms with Crippen LogP contribution in [-0.2, 0) is 4.79 Å². The molecule has 2 heteroatoms. The number of hydrogen-bond donors (Lipinski definition) is 1. The molecule has 0 saturated carbocycles. The molecule has 80 valence electrons. The minimum absolute atomic E-state index is 0.0417. The van der Waals surface area contributed by atoms with Crippen LogP contribution in [0.15, 0.2) is 43.0 Å². The maximum atomic E-state index is 11.3. The average Bonchev–Trinajstić information content (AvgIpc) is 2.27. The Bertz CT molecular complexity index is 319. The quantitative estimate of drug-likeness (QED) is 0.722. The van der Waals surface area contributed by atoms with Gasteiger partial charge in [0, 0.05) is 18.9 Å². The first-order valence-electron chi connectivity index (χ1n) is 5.17. The van der Waals surface area contributed by atoms with Gasteiger partial charge in [0.1, 0.15) is 5.78 Å². The first-order chi connectivity index (χ1) is 7.24. The molecule has 0 aromatic heterocycles. The van der Waals surface area contributed by atoms with E-state index in [4.69, 9.17) is 5.73 Å². The summed E-state index contributed by atoms with van der Waals surface area (Å²) in [5, 5.41) is 0. The molecule has 0 aliphatic carbocycles. The molecule has 0 spiro atoms. The first kappa shape index (κ1) is 11.7. The van der Waals surface area contributed by atoms with Crippen LogP contribution in [0.1, 0.15) is 30.9 Å². The molecule has 1 rings (SSSR count). The number of carbonyl (C=O) groups is 1. The third-order valence-corrected chi connectivity index (χ3v) is 2.33. The molecule has 0 fully saturated rings. The summed E-state index contributed by atoms with van der Waals surface area (Å²) in [4.78, 5) is 11.3. The molecule has 0 heterocycles. The highest BCUT2D eigenvalue weighted by atomic mass is 16.1. The van der Waals surface area contributed by atoms with E-state index in [0.29, 0.717) is 19.3 Å². The molecule has 0 bridgehead atoms. The summed E-state index contributed by atoms with van der Waals surface area (Å²) in [5.74, 6) is 0.205. The lowest BCUT2D eigenvalue weighted by atomic mass is 10.0. The van der Waals surface area contributed by atoms with Gasteiger partial charge in [0.15, 0.2) is 0 Å². The molecule has 0 aliphatic rings. The number of hydrogen-bond acceptors (Lipinski definition) is 2. The van der Waals surface area contributed by atoms with Crippen LogP contribution in [0.4, 0.5) is 0 Å². The Morgan fingerprint density at radius 1 is 1.40 bits per heavy atom. The zero-order valence-corrected chi connectivity index (χ0v) is 8.86. The normalized spacial score (nSPS) is 12.1. The van der Waals surface area contributed by atoms with E-state index in [1.165, 1.54) is 0 Å². The Hall–Kier alpha value is -1.41. The highest BCUT2D eigenvalue weighted by Gasteiger charge is 2.07. The Labute approximate surface area is 90.8 Å². The topological polar surface area (TPSA) is 43.1 Å². The largest absolute Gasteiger partial charge is 0.324 e. The van der Waals surface area contributed by atoms with Gasteiger partial charge in [0.25, 0.3) is 0 Å². The predicted molar refractivity (Wildman–Crippen MR) is 62.4 cm³/mol. The maximum Gasteiger partial charge on any atom is 0.136 e. The summed E-state index contributed by atoms with van der Waals surface area (Å²) in [7, 11) is 0. The Kier molecular flexibility index (Phi) is 4.78. The number of Topliss-reactive ketones (excluding diaryl/α,β-unsaturated/α-hetero) is 1. The highest BCUT2D eigenvalue weighted by molar-refractivity contribution is 5.79. The van der Waals surface area contributed by atoms with Gasteiger partial charge in [-0.15, -0.1) is 6.58 Å². The lowest BCUT2D eigenvalue weighted by Gasteiger charge is -2.10.